The van der Waals surface area contributed by atoms with E-state index in [0.717, 1.165) is 35.1 Å². The summed E-state index contributed by atoms with van der Waals surface area (Å²) in [5.41, 5.74) is 9.98. The standard InChI is InChI=1S/C18H24N2O2.ClH/c1-11-4-5-16-15(10-22-18(16)13(11)3)7-17(21)20-9-14(8-19)6-12(20)2;/h4-5,10,12,14H,6-9,19H2,1-3H3;1H. The number of likely N-dealkylation sites (tertiary alicyclic amines) is 1. The molecule has 2 aromatic rings. The van der Waals surface area contributed by atoms with Crippen molar-refractivity contribution in [2.75, 3.05) is 13.1 Å². The molecule has 0 bridgehead atoms. The average Bonchev–Trinajstić information content (AvgIpc) is 3.07. The van der Waals surface area contributed by atoms with Crippen LogP contribution in [0.5, 0.6) is 0 Å². The van der Waals surface area contributed by atoms with E-state index >= 15 is 0 Å². The first-order valence-corrected chi connectivity index (χ1v) is 7.97. The van der Waals surface area contributed by atoms with Crippen LogP contribution >= 0.6 is 12.4 Å². The van der Waals surface area contributed by atoms with Crippen molar-refractivity contribution in [3.05, 3.63) is 35.1 Å². The molecule has 5 heteroatoms. The zero-order valence-electron chi connectivity index (χ0n) is 14.0. The van der Waals surface area contributed by atoms with Crippen molar-refractivity contribution in [1.82, 2.24) is 4.90 Å². The summed E-state index contributed by atoms with van der Waals surface area (Å²) in [6, 6.07) is 4.42. The highest BCUT2D eigenvalue weighted by Gasteiger charge is 2.31. The molecule has 2 N–H and O–H groups in total. The fraction of sp³-hybridized carbons (Fsp3) is 0.500. The first-order chi connectivity index (χ1) is 10.5. The second kappa shape index (κ2) is 6.93. The SMILES string of the molecule is Cc1ccc2c(CC(=O)N3CC(CN)CC3C)coc2c1C.Cl. The van der Waals surface area contributed by atoms with Gasteiger partial charge in [0.2, 0.25) is 5.91 Å². The maximum absolute atomic E-state index is 12.6. The number of hydrogen-bond donors (Lipinski definition) is 1. The fourth-order valence-corrected chi connectivity index (χ4v) is 3.45. The molecular weight excluding hydrogens is 312 g/mol. The second-order valence-electron chi connectivity index (χ2n) is 6.55. The molecule has 1 aromatic heterocycles. The van der Waals surface area contributed by atoms with E-state index in [1.54, 1.807) is 6.26 Å². The number of hydrogen-bond acceptors (Lipinski definition) is 3. The number of aryl methyl sites for hydroxylation is 2. The molecule has 2 heterocycles. The molecule has 0 radical (unpaired) electrons. The van der Waals surface area contributed by atoms with Crippen LogP contribution in [0.1, 0.15) is 30.0 Å². The van der Waals surface area contributed by atoms with Crippen molar-refractivity contribution in [1.29, 1.82) is 0 Å². The second-order valence-corrected chi connectivity index (χ2v) is 6.55. The molecule has 126 valence electrons. The summed E-state index contributed by atoms with van der Waals surface area (Å²) in [7, 11) is 0. The molecule has 23 heavy (non-hydrogen) atoms. The van der Waals surface area contributed by atoms with E-state index in [2.05, 4.69) is 32.9 Å². The van der Waals surface area contributed by atoms with Crippen LogP contribution in [0, 0.1) is 19.8 Å². The van der Waals surface area contributed by atoms with Crippen molar-refractivity contribution in [2.24, 2.45) is 11.7 Å². The minimum atomic E-state index is 0. The van der Waals surface area contributed by atoms with Crippen molar-refractivity contribution in [3.63, 3.8) is 0 Å². The third kappa shape index (κ3) is 3.24. The van der Waals surface area contributed by atoms with Crippen LogP contribution in [-0.2, 0) is 11.2 Å². The number of benzene rings is 1. The number of nitrogens with zero attached hydrogens (tertiary/aromatic N) is 1. The largest absolute Gasteiger partial charge is 0.464 e. The van der Waals surface area contributed by atoms with E-state index in [9.17, 15) is 4.79 Å². The van der Waals surface area contributed by atoms with Gasteiger partial charge in [-0.15, -0.1) is 12.4 Å². The average molecular weight is 337 g/mol. The van der Waals surface area contributed by atoms with Gasteiger partial charge in [0.15, 0.2) is 0 Å². The van der Waals surface area contributed by atoms with E-state index in [0.29, 0.717) is 18.9 Å². The number of furan rings is 1. The topological polar surface area (TPSA) is 59.5 Å². The zero-order chi connectivity index (χ0) is 15.9. The zero-order valence-corrected chi connectivity index (χ0v) is 14.8. The molecule has 1 aliphatic heterocycles. The number of halogens is 1. The number of carbonyl (C=O) groups is 1. The lowest BCUT2D eigenvalue weighted by Crippen LogP contribution is -2.35. The van der Waals surface area contributed by atoms with Gasteiger partial charge in [0.1, 0.15) is 5.58 Å². The Labute approximate surface area is 143 Å². The van der Waals surface area contributed by atoms with Gasteiger partial charge in [-0.2, -0.15) is 0 Å². The Hall–Kier alpha value is -1.52. The Balaban J connectivity index is 0.00000192. The van der Waals surface area contributed by atoms with E-state index < -0.39 is 0 Å². The van der Waals surface area contributed by atoms with Crippen molar-refractivity contribution >= 4 is 29.3 Å². The van der Waals surface area contributed by atoms with Crippen LogP contribution in [0.2, 0.25) is 0 Å². The molecule has 0 aliphatic carbocycles. The van der Waals surface area contributed by atoms with E-state index in [-0.39, 0.29) is 24.4 Å². The molecule has 1 amide bonds. The number of fused-ring (bicyclic) bond motifs is 1. The fourth-order valence-electron chi connectivity index (χ4n) is 3.45. The smallest absolute Gasteiger partial charge is 0.227 e. The van der Waals surface area contributed by atoms with E-state index in [1.807, 2.05) is 4.90 Å². The van der Waals surface area contributed by atoms with Gasteiger partial charge < -0.3 is 15.1 Å². The van der Waals surface area contributed by atoms with Gasteiger partial charge in [-0.25, -0.2) is 0 Å². The Morgan fingerprint density at radius 1 is 1.39 bits per heavy atom. The molecule has 1 saturated heterocycles. The quantitative estimate of drug-likeness (QED) is 0.936. The third-order valence-corrected chi connectivity index (χ3v) is 5.00. The predicted octanol–water partition coefficient (Wildman–Crippen LogP) is 3.21. The van der Waals surface area contributed by atoms with Gasteiger partial charge in [-0.05, 0) is 50.8 Å². The van der Waals surface area contributed by atoms with Gasteiger partial charge in [0.05, 0.1) is 12.7 Å². The molecule has 1 aliphatic rings. The monoisotopic (exact) mass is 336 g/mol. The van der Waals surface area contributed by atoms with Gasteiger partial charge in [0, 0.05) is 23.5 Å². The normalized spacial score (nSPS) is 20.8. The molecule has 3 rings (SSSR count). The molecular formula is C18H25ClN2O2. The minimum Gasteiger partial charge on any atom is -0.464 e. The summed E-state index contributed by atoms with van der Waals surface area (Å²) in [5.74, 6) is 0.606. The number of rotatable bonds is 3. The van der Waals surface area contributed by atoms with Gasteiger partial charge in [0.25, 0.3) is 0 Å². The van der Waals surface area contributed by atoms with Crippen molar-refractivity contribution < 1.29 is 9.21 Å². The Bertz CT molecular complexity index is 710. The number of nitrogens with two attached hydrogens (primary N) is 1. The van der Waals surface area contributed by atoms with Gasteiger partial charge >= 0.3 is 0 Å². The van der Waals surface area contributed by atoms with Crippen molar-refractivity contribution in [3.8, 4) is 0 Å². The lowest BCUT2D eigenvalue weighted by atomic mass is 10.0. The maximum atomic E-state index is 12.6. The summed E-state index contributed by atoms with van der Waals surface area (Å²) in [6.45, 7) is 7.67. The maximum Gasteiger partial charge on any atom is 0.227 e. The first-order valence-electron chi connectivity index (χ1n) is 7.97. The van der Waals surface area contributed by atoms with Gasteiger partial charge in [-0.3, -0.25) is 4.79 Å². The van der Waals surface area contributed by atoms with Crippen LogP contribution < -0.4 is 5.73 Å². The van der Waals surface area contributed by atoms with Gasteiger partial charge in [-0.1, -0.05) is 12.1 Å². The molecule has 4 nitrogen and oxygen atoms in total. The van der Waals surface area contributed by atoms with Crippen LogP contribution in [0.15, 0.2) is 22.8 Å². The third-order valence-electron chi connectivity index (χ3n) is 5.00. The van der Waals surface area contributed by atoms with E-state index in [4.69, 9.17) is 10.2 Å². The molecule has 0 saturated carbocycles. The molecule has 1 fully saturated rings. The van der Waals surface area contributed by atoms with Crippen LogP contribution in [0.3, 0.4) is 0 Å². The highest BCUT2D eigenvalue weighted by molar-refractivity contribution is 5.89. The summed E-state index contributed by atoms with van der Waals surface area (Å²) < 4.78 is 5.70. The molecule has 2 unspecified atom stereocenters. The Morgan fingerprint density at radius 2 is 2.13 bits per heavy atom. The molecule has 1 aromatic carbocycles. The van der Waals surface area contributed by atoms with Crippen LogP contribution in [-0.4, -0.2) is 29.9 Å². The van der Waals surface area contributed by atoms with Crippen LogP contribution in [0.25, 0.3) is 11.0 Å². The van der Waals surface area contributed by atoms with Crippen LogP contribution in [0.4, 0.5) is 0 Å². The minimum absolute atomic E-state index is 0. The molecule has 0 spiro atoms. The lowest BCUT2D eigenvalue weighted by molar-refractivity contribution is -0.131. The Kier molecular flexibility index (Phi) is 5.37. The summed E-state index contributed by atoms with van der Waals surface area (Å²) in [5, 5.41) is 1.05. The van der Waals surface area contributed by atoms with Crippen molar-refractivity contribution in [2.45, 2.75) is 39.7 Å². The number of amides is 1. The summed E-state index contributed by atoms with van der Waals surface area (Å²) >= 11 is 0. The lowest BCUT2D eigenvalue weighted by Gasteiger charge is -2.21. The highest BCUT2D eigenvalue weighted by atomic mass is 35.5. The van der Waals surface area contributed by atoms with E-state index in [1.165, 1.54) is 5.56 Å². The molecule has 2 atom stereocenters. The first kappa shape index (κ1) is 17.8. The Morgan fingerprint density at radius 3 is 2.78 bits per heavy atom. The summed E-state index contributed by atoms with van der Waals surface area (Å²) in [4.78, 5) is 14.6. The predicted molar refractivity (Wildman–Crippen MR) is 95.0 cm³/mol. The highest BCUT2D eigenvalue weighted by Crippen LogP contribution is 2.28. The summed E-state index contributed by atoms with van der Waals surface area (Å²) in [6.07, 6.45) is 3.14. The number of carbonyl (C=O) groups excluding carboxylic acids is 1.